The maximum Gasteiger partial charge on any atom is 0.0930 e. The molecule has 3 aliphatic rings. The standard InChI is InChI=1S/C16H29NO3/c1-15(2)11-8-12(16(3,19)13(18)9-11)14(20-15)10-4-6-17-7-5-10/h10-14,17-19H,4-9H2,1-3H3/t11?,12?,13-,14-,16-/m0/s1. The van der Waals surface area contributed by atoms with E-state index in [2.05, 4.69) is 19.2 Å². The molecule has 1 saturated carbocycles. The van der Waals surface area contributed by atoms with Gasteiger partial charge in [-0.3, -0.25) is 0 Å². The highest BCUT2D eigenvalue weighted by molar-refractivity contribution is 5.07. The van der Waals surface area contributed by atoms with Gasteiger partial charge in [-0.1, -0.05) is 0 Å². The lowest BCUT2D eigenvalue weighted by atomic mass is 9.60. The van der Waals surface area contributed by atoms with Crippen LogP contribution in [0.25, 0.3) is 0 Å². The molecule has 5 atom stereocenters. The quantitative estimate of drug-likeness (QED) is 0.679. The van der Waals surface area contributed by atoms with E-state index in [0.717, 1.165) is 32.4 Å². The van der Waals surface area contributed by atoms with Gasteiger partial charge in [-0.2, -0.15) is 0 Å². The molecule has 3 fully saturated rings. The second-order valence-electron chi connectivity index (χ2n) is 7.79. The molecule has 0 amide bonds. The van der Waals surface area contributed by atoms with Gasteiger partial charge in [0.05, 0.1) is 23.4 Å². The van der Waals surface area contributed by atoms with Crippen LogP contribution in [0.2, 0.25) is 0 Å². The Hall–Kier alpha value is -0.160. The molecule has 4 nitrogen and oxygen atoms in total. The molecule has 20 heavy (non-hydrogen) atoms. The Labute approximate surface area is 121 Å². The fraction of sp³-hybridized carbons (Fsp3) is 1.00. The topological polar surface area (TPSA) is 61.7 Å². The number of rotatable bonds is 1. The van der Waals surface area contributed by atoms with Crippen LogP contribution < -0.4 is 5.32 Å². The summed E-state index contributed by atoms with van der Waals surface area (Å²) in [5.74, 6) is 0.909. The number of ether oxygens (including phenoxy) is 1. The molecule has 2 saturated heterocycles. The minimum Gasteiger partial charge on any atom is -0.390 e. The number of nitrogens with one attached hydrogen (secondary N) is 1. The van der Waals surface area contributed by atoms with E-state index in [1.807, 2.05) is 0 Å². The van der Waals surface area contributed by atoms with Crippen molar-refractivity contribution in [3.05, 3.63) is 0 Å². The van der Waals surface area contributed by atoms with E-state index >= 15 is 0 Å². The van der Waals surface area contributed by atoms with Gasteiger partial charge in [0.2, 0.25) is 0 Å². The highest BCUT2D eigenvalue weighted by Gasteiger charge is 2.57. The number of fused-ring (bicyclic) bond motifs is 2. The molecule has 3 rings (SSSR count). The summed E-state index contributed by atoms with van der Waals surface area (Å²) in [5, 5.41) is 24.5. The van der Waals surface area contributed by atoms with E-state index in [1.54, 1.807) is 6.92 Å². The van der Waals surface area contributed by atoms with Crippen LogP contribution in [-0.4, -0.2) is 46.7 Å². The Kier molecular flexibility index (Phi) is 3.65. The molecule has 2 bridgehead atoms. The number of piperidine rings is 1. The summed E-state index contributed by atoms with van der Waals surface area (Å²) < 4.78 is 6.47. The summed E-state index contributed by atoms with van der Waals surface area (Å²) in [6.45, 7) is 8.16. The van der Waals surface area contributed by atoms with Crippen LogP contribution in [0.1, 0.15) is 46.5 Å². The average Bonchev–Trinajstić information content (AvgIpc) is 2.40. The molecule has 3 N–H and O–H groups in total. The lowest BCUT2D eigenvalue weighted by Crippen LogP contribution is -2.65. The first-order chi connectivity index (χ1) is 9.32. The van der Waals surface area contributed by atoms with E-state index in [9.17, 15) is 10.2 Å². The second-order valence-corrected chi connectivity index (χ2v) is 7.79. The van der Waals surface area contributed by atoms with Crippen molar-refractivity contribution >= 4 is 0 Å². The summed E-state index contributed by atoms with van der Waals surface area (Å²) >= 11 is 0. The van der Waals surface area contributed by atoms with Crippen LogP contribution >= 0.6 is 0 Å². The lowest BCUT2D eigenvalue weighted by Gasteiger charge is -2.58. The van der Waals surface area contributed by atoms with E-state index in [0.29, 0.717) is 18.3 Å². The summed E-state index contributed by atoms with van der Waals surface area (Å²) in [4.78, 5) is 0. The molecule has 0 spiro atoms. The molecule has 1 aliphatic carbocycles. The number of hydrogen-bond acceptors (Lipinski definition) is 4. The zero-order valence-corrected chi connectivity index (χ0v) is 12.9. The summed E-state index contributed by atoms with van der Waals surface area (Å²) in [7, 11) is 0. The fourth-order valence-corrected chi connectivity index (χ4v) is 4.56. The smallest absolute Gasteiger partial charge is 0.0930 e. The Morgan fingerprint density at radius 3 is 2.40 bits per heavy atom. The van der Waals surface area contributed by atoms with Gasteiger partial charge in [-0.05, 0) is 71.4 Å². The SMILES string of the molecule is CC1(C)O[C@@H](C2CCNCC2)C2CC1C[C@H](O)[C@@]2(C)O. The minimum atomic E-state index is -1.01. The van der Waals surface area contributed by atoms with Crippen molar-refractivity contribution in [3.63, 3.8) is 0 Å². The zero-order chi connectivity index (χ0) is 14.5. The molecule has 0 aromatic heterocycles. The second kappa shape index (κ2) is 4.94. The van der Waals surface area contributed by atoms with Crippen molar-refractivity contribution in [3.8, 4) is 0 Å². The average molecular weight is 283 g/mol. The van der Waals surface area contributed by atoms with Gasteiger partial charge in [-0.25, -0.2) is 0 Å². The summed E-state index contributed by atoms with van der Waals surface area (Å²) in [5.41, 5.74) is -1.20. The monoisotopic (exact) mass is 283 g/mol. The van der Waals surface area contributed by atoms with Gasteiger partial charge >= 0.3 is 0 Å². The Bertz CT molecular complexity index is 363. The van der Waals surface area contributed by atoms with Crippen molar-refractivity contribution in [2.45, 2.75) is 69.9 Å². The van der Waals surface area contributed by atoms with Crippen molar-refractivity contribution < 1.29 is 14.9 Å². The Morgan fingerprint density at radius 2 is 1.75 bits per heavy atom. The lowest BCUT2D eigenvalue weighted by molar-refractivity contribution is -0.270. The molecule has 2 aliphatic heterocycles. The van der Waals surface area contributed by atoms with Gasteiger partial charge in [-0.15, -0.1) is 0 Å². The largest absolute Gasteiger partial charge is 0.390 e. The zero-order valence-electron chi connectivity index (χ0n) is 12.9. The first-order valence-electron chi connectivity index (χ1n) is 8.11. The van der Waals surface area contributed by atoms with Gasteiger partial charge in [0.15, 0.2) is 0 Å². The van der Waals surface area contributed by atoms with Crippen LogP contribution in [0.4, 0.5) is 0 Å². The third-order valence-electron chi connectivity index (χ3n) is 6.14. The van der Waals surface area contributed by atoms with E-state index in [-0.39, 0.29) is 17.6 Å². The maximum absolute atomic E-state index is 10.8. The number of aliphatic hydroxyl groups excluding tert-OH is 1. The van der Waals surface area contributed by atoms with Crippen LogP contribution in [0.15, 0.2) is 0 Å². The van der Waals surface area contributed by atoms with Crippen LogP contribution in [-0.2, 0) is 4.74 Å². The van der Waals surface area contributed by atoms with Gasteiger partial charge in [0.1, 0.15) is 0 Å². The number of hydrogen-bond donors (Lipinski definition) is 3. The summed E-state index contributed by atoms with van der Waals surface area (Å²) in [6.07, 6.45) is 3.29. The van der Waals surface area contributed by atoms with Gasteiger partial charge in [0.25, 0.3) is 0 Å². The molecule has 4 heteroatoms. The van der Waals surface area contributed by atoms with E-state index < -0.39 is 11.7 Å². The van der Waals surface area contributed by atoms with Crippen molar-refractivity contribution in [2.24, 2.45) is 17.8 Å². The molecule has 0 aromatic rings. The third-order valence-corrected chi connectivity index (χ3v) is 6.14. The minimum absolute atomic E-state index is 0.0624. The summed E-state index contributed by atoms with van der Waals surface area (Å²) in [6, 6.07) is 0. The van der Waals surface area contributed by atoms with Crippen molar-refractivity contribution in [1.29, 1.82) is 0 Å². The normalized spacial score (nSPS) is 49.0. The molecule has 2 heterocycles. The van der Waals surface area contributed by atoms with Gasteiger partial charge < -0.3 is 20.3 Å². The Balaban J connectivity index is 1.87. The highest BCUT2D eigenvalue weighted by Crippen LogP contribution is 2.51. The van der Waals surface area contributed by atoms with Crippen molar-refractivity contribution in [2.75, 3.05) is 13.1 Å². The van der Waals surface area contributed by atoms with Gasteiger partial charge in [0, 0.05) is 5.92 Å². The maximum atomic E-state index is 10.8. The fourth-order valence-electron chi connectivity index (χ4n) is 4.56. The van der Waals surface area contributed by atoms with Crippen LogP contribution in [0.5, 0.6) is 0 Å². The molecular formula is C16H29NO3. The van der Waals surface area contributed by atoms with E-state index in [4.69, 9.17) is 4.74 Å². The van der Waals surface area contributed by atoms with Crippen LogP contribution in [0.3, 0.4) is 0 Å². The molecule has 2 unspecified atom stereocenters. The highest BCUT2D eigenvalue weighted by atomic mass is 16.5. The third kappa shape index (κ3) is 2.31. The molecule has 0 aromatic carbocycles. The molecule has 0 radical (unpaired) electrons. The number of aliphatic hydroxyl groups is 2. The first-order valence-corrected chi connectivity index (χ1v) is 8.11. The van der Waals surface area contributed by atoms with E-state index in [1.165, 1.54) is 0 Å². The predicted octanol–water partition coefficient (Wildman–Crippen LogP) is 1.30. The predicted molar refractivity (Wildman–Crippen MR) is 77.4 cm³/mol. The first kappa shape index (κ1) is 14.8. The molecule has 116 valence electrons. The van der Waals surface area contributed by atoms with Crippen LogP contribution in [0, 0.1) is 17.8 Å². The van der Waals surface area contributed by atoms with Crippen molar-refractivity contribution in [1.82, 2.24) is 5.32 Å². The Morgan fingerprint density at radius 1 is 1.10 bits per heavy atom. The molecular weight excluding hydrogens is 254 g/mol.